The second-order valence-corrected chi connectivity index (χ2v) is 9.87. The largest absolute Gasteiger partial charge is 0.487 e. The Labute approximate surface area is 228 Å². The predicted octanol–water partition coefficient (Wildman–Crippen LogP) is 6.89. The first-order valence-corrected chi connectivity index (χ1v) is 12.3. The minimum absolute atomic E-state index is 0.0749. The Balaban J connectivity index is 1.77. The number of nitriles is 1. The second-order valence-electron chi connectivity index (χ2n) is 7.11. The van der Waals surface area contributed by atoms with Crippen LogP contribution in [-0.2, 0) is 11.4 Å². The highest BCUT2D eigenvalue weighted by Gasteiger charge is 2.15. The van der Waals surface area contributed by atoms with Gasteiger partial charge < -0.3 is 10.1 Å². The number of hydrogen-bond donors (Lipinski definition) is 1. The van der Waals surface area contributed by atoms with Crippen molar-refractivity contribution in [3.63, 3.8) is 0 Å². The second kappa shape index (κ2) is 11.6. The molecule has 0 spiro atoms. The van der Waals surface area contributed by atoms with Crippen molar-refractivity contribution in [1.82, 2.24) is 0 Å². The van der Waals surface area contributed by atoms with Gasteiger partial charge in [0.2, 0.25) is 0 Å². The van der Waals surface area contributed by atoms with E-state index in [1.165, 1.54) is 24.3 Å². The summed E-state index contributed by atoms with van der Waals surface area (Å²) in [7, 11) is 0. The Morgan fingerprint density at radius 3 is 2.38 bits per heavy atom. The molecule has 3 aromatic rings. The Morgan fingerprint density at radius 1 is 1.18 bits per heavy atom. The van der Waals surface area contributed by atoms with E-state index in [4.69, 9.17) is 16.3 Å². The normalized spacial score (nSPS) is 11.0. The van der Waals surface area contributed by atoms with Crippen LogP contribution in [0.15, 0.2) is 60.2 Å². The number of carbonyl (C=O) groups excluding carboxylic acids is 1. The van der Waals surface area contributed by atoms with Gasteiger partial charge in [0, 0.05) is 22.8 Å². The molecule has 1 N–H and O–H groups in total. The number of rotatable bonds is 7. The molecule has 10 heteroatoms. The van der Waals surface area contributed by atoms with Crippen molar-refractivity contribution < 1.29 is 14.5 Å². The monoisotopic (exact) mass is 699 g/mol. The summed E-state index contributed by atoms with van der Waals surface area (Å²) in [5, 5.41) is 23.7. The number of ether oxygens (including phenoxy) is 1. The fourth-order valence-electron chi connectivity index (χ4n) is 2.94. The standard InChI is InChI=1S/C24H16ClI2N3O4/c1-14-8-19(30(32)33)6-7-22(14)29-24(31)17(12-28)9-16-10-20(26)23(21(27)11-16)34-13-15-2-4-18(25)5-3-15/h2-11H,13H2,1H3,(H,29,31)/b17-9-. The van der Waals surface area contributed by atoms with E-state index >= 15 is 0 Å². The van der Waals surface area contributed by atoms with Gasteiger partial charge >= 0.3 is 0 Å². The van der Waals surface area contributed by atoms with E-state index in [-0.39, 0.29) is 11.3 Å². The topological polar surface area (TPSA) is 105 Å². The first-order chi connectivity index (χ1) is 16.2. The van der Waals surface area contributed by atoms with Crippen LogP contribution in [-0.4, -0.2) is 10.8 Å². The lowest BCUT2D eigenvalue weighted by Crippen LogP contribution is -2.14. The quantitative estimate of drug-likeness (QED) is 0.0951. The van der Waals surface area contributed by atoms with Crippen LogP contribution in [0.25, 0.3) is 6.08 Å². The number of hydrogen-bond acceptors (Lipinski definition) is 5. The summed E-state index contributed by atoms with van der Waals surface area (Å²) in [5.41, 5.74) is 2.39. The van der Waals surface area contributed by atoms with Crippen LogP contribution in [0.4, 0.5) is 11.4 Å². The lowest BCUT2D eigenvalue weighted by molar-refractivity contribution is -0.384. The van der Waals surface area contributed by atoms with Crippen molar-refractivity contribution in [1.29, 1.82) is 5.26 Å². The summed E-state index contributed by atoms with van der Waals surface area (Å²) in [4.78, 5) is 23.1. The van der Waals surface area contributed by atoms with Gasteiger partial charge in [-0.15, -0.1) is 0 Å². The minimum atomic E-state index is -0.604. The Hall–Kier alpha value is -2.69. The number of nitro groups is 1. The molecule has 7 nitrogen and oxygen atoms in total. The molecule has 0 fully saturated rings. The molecule has 0 aliphatic heterocycles. The van der Waals surface area contributed by atoms with Gasteiger partial charge in [0.05, 0.1) is 12.1 Å². The van der Waals surface area contributed by atoms with Crippen LogP contribution < -0.4 is 10.1 Å². The van der Waals surface area contributed by atoms with E-state index in [0.717, 1.165) is 12.7 Å². The van der Waals surface area contributed by atoms with Gasteiger partial charge in [0.15, 0.2) is 0 Å². The van der Waals surface area contributed by atoms with Gasteiger partial charge in [-0.1, -0.05) is 23.7 Å². The number of amides is 1. The third kappa shape index (κ3) is 6.68. The molecule has 0 atom stereocenters. The molecule has 0 saturated heterocycles. The Bertz CT molecular complexity index is 1310. The summed E-state index contributed by atoms with van der Waals surface area (Å²) >= 11 is 10.2. The van der Waals surface area contributed by atoms with Gasteiger partial charge in [0.1, 0.15) is 24.0 Å². The Morgan fingerprint density at radius 2 is 1.82 bits per heavy atom. The van der Waals surface area contributed by atoms with E-state index < -0.39 is 10.8 Å². The van der Waals surface area contributed by atoms with E-state index in [1.54, 1.807) is 19.1 Å². The van der Waals surface area contributed by atoms with Crippen molar-refractivity contribution in [2.45, 2.75) is 13.5 Å². The molecular weight excluding hydrogens is 684 g/mol. The maximum Gasteiger partial charge on any atom is 0.269 e. The highest BCUT2D eigenvalue weighted by Crippen LogP contribution is 2.31. The number of halogens is 3. The zero-order valence-corrected chi connectivity index (χ0v) is 22.7. The van der Waals surface area contributed by atoms with Crippen molar-refractivity contribution in [2.24, 2.45) is 0 Å². The van der Waals surface area contributed by atoms with Crippen LogP contribution in [0.2, 0.25) is 5.02 Å². The molecule has 3 rings (SSSR count). The van der Waals surface area contributed by atoms with Crippen molar-refractivity contribution in [3.05, 3.63) is 99.1 Å². The van der Waals surface area contributed by atoms with Gasteiger partial charge in [-0.3, -0.25) is 14.9 Å². The molecule has 0 aliphatic carbocycles. The number of anilines is 1. The maximum atomic E-state index is 12.7. The third-order valence-electron chi connectivity index (χ3n) is 4.66. The third-order valence-corrected chi connectivity index (χ3v) is 6.52. The smallest absolute Gasteiger partial charge is 0.269 e. The predicted molar refractivity (Wildman–Crippen MR) is 148 cm³/mol. The van der Waals surface area contributed by atoms with Crippen molar-refractivity contribution >= 4 is 80.1 Å². The summed E-state index contributed by atoms with van der Waals surface area (Å²) in [6.45, 7) is 2.02. The average molecular weight is 700 g/mol. The summed E-state index contributed by atoms with van der Waals surface area (Å²) in [6.07, 6.45) is 1.49. The molecular formula is C24H16ClI2N3O4. The number of benzene rings is 3. The van der Waals surface area contributed by atoms with Crippen LogP contribution >= 0.6 is 56.8 Å². The highest BCUT2D eigenvalue weighted by molar-refractivity contribution is 14.1. The highest BCUT2D eigenvalue weighted by atomic mass is 127. The molecule has 1 amide bonds. The number of nitro benzene ring substituents is 1. The van der Waals surface area contributed by atoms with Crippen molar-refractivity contribution in [2.75, 3.05) is 5.32 Å². The maximum absolute atomic E-state index is 12.7. The number of nitrogens with zero attached hydrogens (tertiary/aromatic N) is 2. The first kappa shape index (κ1) is 25.9. The zero-order chi connectivity index (χ0) is 24.8. The Kier molecular flexibility index (Phi) is 8.87. The summed E-state index contributed by atoms with van der Waals surface area (Å²) in [5.74, 6) is 0.102. The molecule has 172 valence electrons. The van der Waals surface area contributed by atoms with E-state index in [1.807, 2.05) is 30.3 Å². The van der Waals surface area contributed by atoms with Crippen LogP contribution in [0.5, 0.6) is 5.75 Å². The van der Waals surface area contributed by atoms with Gasteiger partial charge in [0.25, 0.3) is 11.6 Å². The average Bonchev–Trinajstić information content (AvgIpc) is 2.79. The molecule has 0 aliphatic rings. The lowest BCUT2D eigenvalue weighted by Gasteiger charge is -2.12. The molecule has 0 bridgehead atoms. The van der Waals surface area contributed by atoms with Crippen LogP contribution in [0, 0.1) is 35.5 Å². The molecule has 0 aromatic heterocycles. The van der Waals surface area contributed by atoms with Gasteiger partial charge in [-0.25, -0.2) is 0 Å². The van der Waals surface area contributed by atoms with E-state index in [2.05, 4.69) is 50.5 Å². The molecule has 0 saturated carbocycles. The molecule has 34 heavy (non-hydrogen) atoms. The molecule has 3 aromatic carbocycles. The summed E-state index contributed by atoms with van der Waals surface area (Å²) in [6, 6.07) is 17.1. The molecule has 0 radical (unpaired) electrons. The zero-order valence-electron chi connectivity index (χ0n) is 17.6. The minimum Gasteiger partial charge on any atom is -0.487 e. The molecule has 0 unspecified atom stereocenters. The van der Waals surface area contributed by atoms with Crippen LogP contribution in [0.1, 0.15) is 16.7 Å². The van der Waals surface area contributed by atoms with Crippen LogP contribution in [0.3, 0.4) is 0 Å². The van der Waals surface area contributed by atoms with Gasteiger partial charge in [-0.05, 0) is 105 Å². The number of nitrogens with one attached hydrogen (secondary N) is 1. The summed E-state index contributed by atoms with van der Waals surface area (Å²) < 4.78 is 7.63. The number of carbonyl (C=O) groups is 1. The van der Waals surface area contributed by atoms with E-state index in [9.17, 15) is 20.2 Å². The fourth-order valence-corrected chi connectivity index (χ4v) is 5.20. The van der Waals surface area contributed by atoms with Crippen molar-refractivity contribution in [3.8, 4) is 11.8 Å². The SMILES string of the molecule is Cc1cc([N+](=O)[O-])ccc1NC(=O)/C(C#N)=C\c1cc(I)c(OCc2ccc(Cl)cc2)c(I)c1. The first-order valence-electron chi connectivity index (χ1n) is 9.72. The fraction of sp³-hybridized carbons (Fsp3) is 0.0833. The van der Waals surface area contributed by atoms with Gasteiger partial charge in [-0.2, -0.15) is 5.26 Å². The lowest BCUT2D eigenvalue weighted by atomic mass is 10.1. The number of non-ortho nitro benzene ring substituents is 1. The molecule has 0 heterocycles. The van der Waals surface area contributed by atoms with E-state index in [0.29, 0.717) is 34.2 Å². The number of aryl methyl sites for hydroxylation is 1.